The Hall–Kier alpha value is -2.33. The lowest BCUT2D eigenvalue weighted by Gasteiger charge is -2.36. The average Bonchev–Trinajstić information content (AvgIpc) is 2.87. The predicted molar refractivity (Wildman–Crippen MR) is 105 cm³/mol. The van der Waals surface area contributed by atoms with E-state index in [1.54, 1.807) is 7.11 Å². The van der Waals surface area contributed by atoms with Crippen LogP contribution in [0, 0.1) is 0 Å². The zero-order valence-electron chi connectivity index (χ0n) is 15.9. The number of carbonyl (C=O) groups excluding carboxylic acids is 1. The molecule has 2 aliphatic rings. The molecule has 2 aromatic carbocycles. The summed E-state index contributed by atoms with van der Waals surface area (Å²) in [6.45, 7) is 2.51. The lowest BCUT2D eigenvalue weighted by Crippen LogP contribution is -2.41. The van der Waals surface area contributed by atoms with E-state index in [4.69, 9.17) is 9.47 Å². The minimum Gasteiger partial charge on any atom is -0.497 e. The minimum absolute atomic E-state index is 0.256. The number of fused-ring (bicyclic) bond motifs is 1. The summed E-state index contributed by atoms with van der Waals surface area (Å²) in [6.07, 6.45) is 6.16. The first kappa shape index (κ1) is 18.1. The molecule has 1 aliphatic heterocycles. The normalized spacial score (nSPS) is 17.5. The van der Waals surface area contributed by atoms with E-state index in [9.17, 15) is 4.79 Å². The number of hydrogen-bond acceptors (Lipinski definition) is 4. The summed E-state index contributed by atoms with van der Waals surface area (Å²) < 4.78 is 10.7. The van der Waals surface area contributed by atoms with E-state index in [-0.39, 0.29) is 12.6 Å². The molecule has 0 spiro atoms. The van der Waals surface area contributed by atoms with Crippen molar-refractivity contribution in [2.75, 3.05) is 20.2 Å². The van der Waals surface area contributed by atoms with E-state index in [1.165, 1.54) is 30.4 Å². The number of methoxy groups -OCH3 is 1. The highest BCUT2D eigenvalue weighted by Gasteiger charge is 2.26. The zero-order chi connectivity index (χ0) is 18.6. The van der Waals surface area contributed by atoms with E-state index in [0.717, 1.165) is 43.3 Å². The molecule has 4 rings (SSSR count). The molecule has 0 aromatic heterocycles. The summed E-state index contributed by atoms with van der Waals surface area (Å²) in [5.74, 6) is 0.542. The van der Waals surface area contributed by atoms with E-state index >= 15 is 0 Å². The Morgan fingerprint density at radius 1 is 1.04 bits per heavy atom. The third-order valence-corrected chi connectivity index (χ3v) is 5.90. The summed E-state index contributed by atoms with van der Waals surface area (Å²) >= 11 is 0. The molecular weight excluding hydrogens is 338 g/mol. The summed E-state index contributed by atoms with van der Waals surface area (Å²) in [4.78, 5) is 15.1. The first-order valence-corrected chi connectivity index (χ1v) is 9.89. The Bertz CT molecular complexity index is 796. The number of benzene rings is 2. The van der Waals surface area contributed by atoms with Crippen LogP contribution in [0.3, 0.4) is 0 Å². The van der Waals surface area contributed by atoms with Crippen LogP contribution >= 0.6 is 0 Å². The van der Waals surface area contributed by atoms with E-state index in [2.05, 4.69) is 11.0 Å². The van der Waals surface area contributed by atoms with Gasteiger partial charge in [-0.3, -0.25) is 4.90 Å². The summed E-state index contributed by atoms with van der Waals surface area (Å²) in [5, 5.41) is 0. The summed E-state index contributed by atoms with van der Waals surface area (Å²) in [5.41, 5.74) is 4.29. The molecule has 4 nitrogen and oxygen atoms in total. The van der Waals surface area contributed by atoms with Crippen LogP contribution in [0.1, 0.15) is 46.3 Å². The molecule has 0 unspecified atom stereocenters. The lowest BCUT2D eigenvalue weighted by molar-refractivity contribution is 0.0472. The van der Waals surface area contributed by atoms with Gasteiger partial charge in [0.1, 0.15) is 12.4 Å². The molecule has 0 saturated heterocycles. The fraction of sp³-hybridized carbons (Fsp3) is 0.435. The molecular formula is C23H27NO3. The number of hydrogen-bond donors (Lipinski definition) is 0. The smallest absolute Gasteiger partial charge is 0.338 e. The van der Waals surface area contributed by atoms with Crippen molar-refractivity contribution in [3.8, 4) is 5.75 Å². The molecule has 0 bridgehead atoms. The Labute approximate surface area is 161 Å². The summed E-state index contributed by atoms with van der Waals surface area (Å²) in [7, 11) is 1.64. The Morgan fingerprint density at radius 3 is 2.44 bits per heavy atom. The van der Waals surface area contributed by atoms with Crippen molar-refractivity contribution in [2.24, 2.45) is 0 Å². The molecule has 27 heavy (non-hydrogen) atoms. The molecule has 1 heterocycles. The van der Waals surface area contributed by atoms with Gasteiger partial charge in [0.15, 0.2) is 0 Å². The first-order valence-electron chi connectivity index (χ1n) is 9.89. The van der Waals surface area contributed by atoms with Gasteiger partial charge in [-0.05, 0) is 66.6 Å². The highest BCUT2D eigenvalue weighted by molar-refractivity contribution is 5.89. The van der Waals surface area contributed by atoms with Gasteiger partial charge in [0.25, 0.3) is 0 Å². The molecule has 142 valence electrons. The lowest BCUT2D eigenvalue weighted by atomic mass is 9.91. The number of carbonyl (C=O) groups is 1. The Morgan fingerprint density at radius 2 is 1.78 bits per heavy atom. The molecule has 1 fully saturated rings. The Balaban J connectivity index is 1.37. The standard InChI is InChI=1S/C23H27NO3/c1-26-22-9-5-17(6-10-22)16-27-23(25)20-8-7-18-11-13-24(21-3-2-4-21)14-12-19(18)15-20/h5-10,15,21H,2-4,11-14,16H2,1H3. The van der Waals surface area contributed by atoms with Crippen molar-refractivity contribution in [1.29, 1.82) is 0 Å². The van der Waals surface area contributed by atoms with E-state index < -0.39 is 0 Å². The van der Waals surface area contributed by atoms with Crippen LogP contribution < -0.4 is 4.74 Å². The van der Waals surface area contributed by atoms with Crippen LogP contribution in [-0.4, -0.2) is 37.1 Å². The monoisotopic (exact) mass is 365 g/mol. The van der Waals surface area contributed by atoms with E-state index in [0.29, 0.717) is 5.56 Å². The fourth-order valence-electron chi connectivity index (χ4n) is 3.94. The van der Waals surface area contributed by atoms with Gasteiger partial charge in [-0.25, -0.2) is 4.79 Å². The third-order valence-electron chi connectivity index (χ3n) is 5.90. The van der Waals surface area contributed by atoms with Gasteiger partial charge in [0, 0.05) is 19.1 Å². The molecule has 0 amide bonds. The molecule has 1 saturated carbocycles. The van der Waals surface area contributed by atoms with E-state index in [1.807, 2.05) is 36.4 Å². The minimum atomic E-state index is -0.256. The maximum atomic E-state index is 12.5. The Kier molecular flexibility index (Phi) is 5.44. The number of rotatable bonds is 5. The first-order chi connectivity index (χ1) is 13.2. The van der Waals surface area contributed by atoms with Gasteiger partial charge < -0.3 is 9.47 Å². The highest BCUT2D eigenvalue weighted by atomic mass is 16.5. The van der Waals surface area contributed by atoms with Crippen molar-refractivity contribution in [3.05, 3.63) is 64.7 Å². The number of nitrogens with zero attached hydrogens (tertiary/aromatic N) is 1. The van der Waals surface area contributed by atoms with Gasteiger partial charge in [-0.1, -0.05) is 24.6 Å². The number of ether oxygens (including phenoxy) is 2. The fourth-order valence-corrected chi connectivity index (χ4v) is 3.94. The van der Waals surface area contributed by atoms with Crippen molar-refractivity contribution < 1.29 is 14.3 Å². The van der Waals surface area contributed by atoms with Gasteiger partial charge >= 0.3 is 5.97 Å². The van der Waals surface area contributed by atoms with Crippen LogP contribution in [0.5, 0.6) is 5.75 Å². The van der Waals surface area contributed by atoms with Gasteiger partial charge in [-0.15, -0.1) is 0 Å². The quantitative estimate of drug-likeness (QED) is 0.751. The van der Waals surface area contributed by atoms with Crippen molar-refractivity contribution in [2.45, 2.75) is 44.8 Å². The highest BCUT2D eigenvalue weighted by Crippen LogP contribution is 2.27. The van der Waals surface area contributed by atoms with Crippen molar-refractivity contribution in [3.63, 3.8) is 0 Å². The van der Waals surface area contributed by atoms with Crippen LogP contribution in [0.4, 0.5) is 0 Å². The third kappa shape index (κ3) is 4.16. The van der Waals surface area contributed by atoms with Gasteiger partial charge in [0.05, 0.1) is 12.7 Å². The molecule has 0 radical (unpaired) electrons. The van der Waals surface area contributed by atoms with Crippen molar-refractivity contribution in [1.82, 2.24) is 4.90 Å². The van der Waals surface area contributed by atoms with Crippen LogP contribution in [-0.2, 0) is 24.2 Å². The molecule has 1 aliphatic carbocycles. The second kappa shape index (κ2) is 8.13. The van der Waals surface area contributed by atoms with Crippen LogP contribution in [0.25, 0.3) is 0 Å². The largest absolute Gasteiger partial charge is 0.497 e. The predicted octanol–water partition coefficient (Wildman–Crippen LogP) is 4.01. The van der Waals surface area contributed by atoms with Gasteiger partial charge in [-0.2, -0.15) is 0 Å². The molecule has 0 atom stereocenters. The number of esters is 1. The topological polar surface area (TPSA) is 38.8 Å². The molecule has 2 aromatic rings. The second-order valence-electron chi connectivity index (χ2n) is 7.53. The second-order valence-corrected chi connectivity index (χ2v) is 7.53. The molecule has 4 heteroatoms. The maximum absolute atomic E-state index is 12.5. The molecule has 0 N–H and O–H groups in total. The van der Waals surface area contributed by atoms with Gasteiger partial charge in [0.2, 0.25) is 0 Å². The van der Waals surface area contributed by atoms with Crippen molar-refractivity contribution >= 4 is 5.97 Å². The maximum Gasteiger partial charge on any atom is 0.338 e. The van der Waals surface area contributed by atoms with Crippen LogP contribution in [0.2, 0.25) is 0 Å². The summed E-state index contributed by atoms with van der Waals surface area (Å²) in [6, 6.07) is 14.4. The SMILES string of the molecule is COc1ccc(COC(=O)c2ccc3c(c2)CCN(C2CCC2)CC3)cc1. The average molecular weight is 365 g/mol. The van der Waals surface area contributed by atoms with Crippen LogP contribution in [0.15, 0.2) is 42.5 Å². The zero-order valence-corrected chi connectivity index (χ0v) is 15.9.